The number of carbonyl (C=O) groups excluding carboxylic acids is 2. The van der Waals surface area contributed by atoms with Gasteiger partial charge in [0.05, 0.1) is 13.2 Å². The summed E-state index contributed by atoms with van der Waals surface area (Å²) in [5.74, 6) is -1.50. The van der Waals surface area contributed by atoms with Crippen LogP contribution in [0.1, 0.15) is 30.4 Å². The second-order valence-electron chi connectivity index (χ2n) is 7.24. The van der Waals surface area contributed by atoms with Gasteiger partial charge in [-0.05, 0) is 29.2 Å². The first-order chi connectivity index (χ1) is 15.0. The van der Waals surface area contributed by atoms with Gasteiger partial charge in [0.25, 0.3) is 0 Å². The van der Waals surface area contributed by atoms with Gasteiger partial charge in [-0.1, -0.05) is 48.5 Å². The van der Waals surface area contributed by atoms with Crippen molar-refractivity contribution in [3.8, 4) is 11.1 Å². The van der Waals surface area contributed by atoms with Crippen LogP contribution in [-0.2, 0) is 19.1 Å². The van der Waals surface area contributed by atoms with Crippen LogP contribution in [0.25, 0.3) is 11.1 Å². The number of nitrogens with one attached hydrogen (secondary N) is 2. The molecule has 3 rings (SSSR count). The molecule has 0 aromatic heterocycles. The molecule has 0 radical (unpaired) electrons. The van der Waals surface area contributed by atoms with Gasteiger partial charge in [0.1, 0.15) is 12.6 Å². The fraction of sp³-hybridized carbons (Fsp3) is 0.348. The fourth-order valence-corrected chi connectivity index (χ4v) is 3.52. The van der Waals surface area contributed by atoms with Gasteiger partial charge >= 0.3 is 12.1 Å². The van der Waals surface area contributed by atoms with Crippen molar-refractivity contribution in [1.82, 2.24) is 10.6 Å². The maximum atomic E-state index is 12.0. The molecule has 0 bridgehead atoms. The molecule has 0 fully saturated rings. The molecule has 0 heterocycles. The first-order valence-corrected chi connectivity index (χ1v) is 10.2. The first kappa shape index (κ1) is 22.3. The number of benzene rings is 2. The monoisotopic (exact) mass is 426 g/mol. The van der Waals surface area contributed by atoms with Crippen LogP contribution in [0.4, 0.5) is 4.79 Å². The Hall–Kier alpha value is -3.39. The molecule has 0 unspecified atom stereocenters. The Bertz CT molecular complexity index is 900. The average molecular weight is 426 g/mol. The third-order valence-corrected chi connectivity index (χ3v) is 5.08. The van der Waals surface area contributed by atoms with Gasteiger partial charge in [-0.3, -0.25) is 9.59 Å². The van der Waals surface area contributed by atoms with Gasteiger partial charge < -0.3 is 25.2 Å². The van der Waals surface area contributed by atoms with Crippen LogP contribution in [0.15, 0.2) is 48.5 Å². The zero-order valence-corrected chi connectivity index (χ0v) is 17.3. The maximum absolute atomic E-state index is 12.0. The molecule has 0 aliphatic heterocycles. The van der Waals surface area contributed by atoms with E-state index >= 15 is 0 Å². The largest absolute Gasteiger partial charge is 0.480 e. The summed E-state index contributed by atoms with van der Waals surface area (Å²) in [5.41, 5.74) is 4.63. The maximum Gasteiger partial charge on any atom is 0.407 e. The molecule has 31 heavy (non-hydrogen) atoms. The van der Waals surface area contributed by atoms with E-state index in [-0.39, 0.29) is 38.7 Å². The molecule has 1 aliphatic carbocycles. The van der Waals surface area contributed by atoms with E-state index in [9.17, 15) is 14.4 Å². The third-order valence-electron chi connectivity index (χ3n) is 5.08. The highest BCUT2D eigenvalue weighted by molar-refractivity contribution is 5.83. The number of carboxylic acid groups (broad SMARTS) is 1. The number of fused-ring (bicyclic) bond motifs is 3. The summed E-state index contributed by atoms with van der Waals surface area (Å²) >= 11 is 0. The summed E-state index contributed by atoms with van der Waals surface area (Å²) in [4.78, 5) is 34.3. The molecule has 2 aromatic rings. The number of carboxylic acids is 1. The molecule has 2 aromatic carbocycles. The predicted molar refractivity (Wildman–Crippen MR) is 114 cm³/mol. The molecule has 8 nitrogen and oxygen atoms in total. The van der Waals surface area contributed by atoms with Crippen LogP contribution < -0.4 is 10.6 Å². The van der Waals surface area contributed by atoms with Gasteiger partial charge in [0.15, 0.2) is 0 Å². The molecule has 1 atom stereocenters. The van der Waals surface area contributed by atoms with E-state index in [1.807, 2.05) is 24.3 Å². The molecular formula is C23H26N2O6. The van der Waals surface area contributed by atoms with E-state index in [2.05, 4.69) is 34.9 Å². The highest BCUT2D eigenvalue weighted by atomic mass is 16.5. The van der Waals surface area contributed by atoms with Crippen LogP contribution in [0.5, 0.6) is 0 Å². The standard InChI is InChI=1S/C23H26N2O6/c1-15(22(27)28)25-21(26)10-12-30-13-11-24-23(29)31-14-20-18-8-4-2-6-16(18)17-7-3-5-9-19(17)20/h2-9,15,20H,10-14H2,1H3,(H,24,29)(H,25,26)(H,27,28)/t15-/m0/s1. The second kappa shape index (κ2) is 10.6. The topological polar surface area (TPSA) is 114 Å². The highest BCUT2D eigenvalue weighted by Gasteiger charge is 2.28. The molecule has 2 amide bonds. The number of carbonyl (C=O) groups is 3. The SMILES string of the molecule is C[C@H](NC(=O)CCOCCNC(=O)OCC1c2ccccc2-c2ccccc21)C(=O)O. The van der Waals surface area contributed by atoms with Crippen molar-refractivity contribution in [3.63, 3.8) is 0 Å². The Morgan fingerprint density at radius 2 is 1.61 bits per heavy atom. The number of aliphatic carboxylic acids is 1. The summed E-state index contributed by atoms with van der Waals surface area (Å²) in [5, 5.41) is 13.7. The summed E-state index contributed by atoms with van der Waals surface area (Å²) in [6.45, 7) is 2.21. The zero-order valence-electron chi connectivity index (χ0n) is 17.3. The highest BCUT2D eigenvalue weighted by Crippen LogP contribution is 2.44. The number of alkyl carbamates (subject to hydrolysis) is 1. The van der Waals surface area contributed by atoms with E-state index < -0.39 is 24.0 Å². The average Bonchev–Trinajstić information content (AvgIpc) is 3.08. The van der Waals surface area contributed by atoms with Crippen molar-refractivity contribution in [2.24, 2.45) is 0 Å². The lowest BCUT2D eigenvalue weighted by Crippen LogP contribution is -2.38. The summed E-state index contributed by atoms with van der Waals surface area (Å²) in [7, 11) is 0. The van der Waals surface area contributed by atoms with E-state index in [4.69, 9.17) is 14.6 Å². The Balaban J connectivity index is 1.35. The van der Waals surface area contributed by atoms with Crippen LogP contribution in [0.2, 0.25) is 0 Å². The second-order valence-corrected chi connectivity index (χ2v) is 7.24. The lowest BCUT2D eigenvalue weighted by molar-refractivity contribution is -0.141. The zero-order chi connectivity index (χ0) is 22.2. The Morgan fingerprint density at radius 3 is 2.23 bits per heavy atom. The van der Waals surface area contributed by atoms with Crippen molar-refractivity contribution in [1.29, 1.82) is 0 Å². The van der Waals surface area contributed by atoms with Crippen molar-refractivity contribution >= 4 is 18.0 Å². The smallest absolute Gasteiger partial charge is 0.407 e. The van der Waals surface area contributed by atoms with Gasteiger partial charge in [0, 0.05) is 18.9 Å². The van der Waals surface area contributed by atoms with Gasteiger partial charge in [-0.2, -0.15) is 0 Å². The van der Waals surface area contributed by atoms with Crippen LogP contribution in [-0.4, -0.2) is 55.5 Å². The van der Waals surface area contributed by atoms with E-state index in [0.717, 1.165) is 11.1 Å². The summed E-state index contributed by atoms with van der Waals surface area (Å²) < 4.78 is 10.7. The Kier molecular flexibility index (Phi) is 7.61. The molecular weight excluding hydrogens is 400 g/mol. The number of amides is 2. The molecule has 1 aliphatic rings. The lowest BCUT2D eigenvalue weighted by Gasteiger charge is -2.14. The fourth-order valence-electron chi connectivity index (χ4n) is 3.52. The molecule has 164 valence electrons. The third kappa shape index (κ3) is 5.82. The molecule has 0 spiro atoms. The quantitative estimate of drug-likeness (QED) is 0.503. The molecule has 8 heteroatoms. The number of hydrogen-bond acceptors (Lipinski definition) is 5. The minimum absolute atomic E-state index is 0.00102. The van der Waals surface area contributed by atoms with Crippen LogP contribution in [0, 0.1) is 0 Å². The van der Waals surface area contributed by atoms with Crippen molar-refractivity contribution in [2.45, 2.75) is 25.3 Å². The van der Waals surface area contributed by atoms with Crippen molar-refractivity contribution < 1.29 is 29.0 Å². The van der Waals surface area contributed by atoms with Crippen molar-refractivity contribution in [3.05, 3.63) is 59.7 Å². The number of hydrogen-bond donors (Lipinski definition) is 3. The summed E-state index contributed by atoms with van der Waals surface area (Å²) in [6.07, 6.45) is -0.485. The number of ether oxygens (including phenoxy) is 2. The molecule has 3 N–H and O–H groups in total. The first-order valence-electron chi connectivity index (χ1n) is 10.2. The lowest BCUT2D eigenvalue weighted by atomic mass is 9.98. The molecule has 0 saturated carbocycles. The van der Waals surface area contributed by atoms with Crippen LogP contribution in [0.3, 0.4) is 0 Å². The van der Waals surface area contributed by atoms with Crippen molar-refractivity contribution in [2.75, 3.05) is 26.4 Å². The van der Waals surface area contributed by atoms with E-state index in [0.29, 0.717) is 0 Å². The van der Waals surface area contributed by atoms with Gasteiger partial charge in [-0.25, -0.2) is 4.79 Å². The van der Waals surface area contributed by atoms with Gasteiger partial charge in [-0.15, -0.1) is 0 Å². The minimum Gasteiger partial charge on any atom is -0.480 e. The normalized spacial score (nSPS) is 13.1. The van der Waals surface area contributed by atoms with Crippen LogP contribution >= 0.6 is 0 Å². The Morgan fingerprint density at radius 1 is 1.00 bits per heavy atom. The minimum atomic E-state index is -1.10. The molecule has 0 saturated heterocycles. The van der Waals surface area contributed by atoms with E-state index in [1.54, 1.807) is 0 Å². The van der Waals surface area contributed by atoms with E-state index in [1.165, 1.54) is 18.1 Å². The summed E-state index contributed by atoms with van der Waals surface area (Å²) in [6, 6.07) is 15.3. The predicted octanol–water partition coefficient (Wildman–Crippen LogP) is 2.52. The number of rotatable bonds is 10. The van der Waals surface area contributed by atoms with Gasteiger partial charge in [0.2, 0.25) is 5.91 Å². The Labute approximate surface area is 180 Å².